The molecule has 2 aromatic carbocycles. The van der Waals surface area contributed by atoms with E-state index >= 15 is 0 Å². The fourth-order valence-electron chi connectivity index (χ4n) is 6.47. The summed E-state index contributed by atoms with van der Waals surface area (Å²) in [7, 11) is 0. The first-order chi connectivity index (χ1) is 26.7. The van der Waals surface area contributed by atoms with Crippen LogP contribution < -0.4 is 21.7 Å². The lowest BCUT2D eigenvalue weighted by Gasteiger charge is -2.26. The Morgan fingerprint density at radius 3 is 1.80 bits per heavy atom. The van der Waals surface area contributed by atoms with Gasteiger partial charge in [0.05, 0.1) is 19.6 Å². The molecule has 0 saturated carbocycles. The number of nitrogens with zero attached hydrogens (tertiary/aromatic N) is 4. The number of aliphatic carboxylic acids is 2. The van der Waals surface area contributed by atoms with Crippen LogP contribution in [0.15, 0.2) is 48.6 Å². The van der Waals surface area contributed by atoms with E-state index in [-0.39, 0.29) is 51.5 Å². The molecule has 4 rings (SSSR count). The maximum absolute atomic E-state index is 13.8. The lowest BCUT2D eigenvalue weighted by Crippen LogP contribution is -2.49. The quantitative estimate of drug-likeness (QED) is 0.0695. The monoisotopic (exact) mass is 776 g/mol. The molecule has 17 nitrogen and oxygen atoms in total. The molecule has 17 heteroatoms. The highest BCUT2D eigenvalue weighted by Crippen LogP contribution is 2.27. The van der Waals surface area contributed by atoms with E-state index in [0.29, 0.717) is 63.5 Å². The van der Waals surface area contributed by atoms with Gasteiger partial charge in [-0.25, -0.2) is 0 Å². The molecular formula is C39H52N8O9. The number of anilines is 2. The standard InChI is InChI=1S/C39H52N8O9/c1-26-21-28(6-8-30(26)40)29-7-9-31(27(2)22-29)43-39(56)32(5-3-4-13-41-33(48)12-14-47-35(50)10-11-36(47)51)42-34(49)23-44-15-17-45(24-37(52)53)19-20-46(18-16-44)25-38(54)55/h6-11,21-22,32H,3-5,12-20,23-25,40H2,1-2H3,(H,41,48)(H,42,49)(H,43,56)(H,52,53)(H,54,55). The van der Waals surface area contributed by atoms with Crippen LogP contribution in [0.3, 0.4) is 0 Å². The third-order valence-corrected chi connectivity index (χ3v) is 9.73. The molecule has 0 radical (unpaired) electrons. The third-order valence-electron chi connectivity index (χ3n) is 9.73. The van der Waals surface area contributed by atoms with Gasteiger partial charge in [-0.3, -0.25) is 53.2 Å². The Kier molecular flexibility index (Phi) is 16.1. The first-order valence-electron chi connectivity index (χ1n) is 18.7. The van der Waals surface area contributed by atoms with Crippen molar-refractivity contribution in [3.05, 3.63) is 59.7 Å². The van der Waals surface area contributed by atoms with E-state index in [2.05, 4.69) is 16.0 Å². The highest BCUT2D eigenvalue weighted by atomic mass is 16.4. The molecule has 1 fully saturated rings. The van der Waals surface area contributed by atoms with Crippen LogP contribution in [0.2, 0.25) is 0 Å². The van der Waals surface area contributed by atoms with Crippen LogP contribution in [0.1, 0.15) is 36.8 Å². The Balaban J connectivity index is 1.39. The van der Waals surface area contributed by atoms with Crippen molar-refractivity contribution < 1.29 is 43.8 Å². The molecule has 1 saturated heterocycles. The van der Waals surface area contributed by atoms with Gasteiger partial charge in [0.25, 0.3) is 11.8 Å². The van der Waals surface area contributed by atoms with Gasteiger partial charge >= 0.3 is 11.9 Å². The Bertz CT molecular complexity index is 1770. The Hall–Kier alpha value is -5.65. The Morgan fingerprint density at radius 2 is 1.27 bits per heavy atom. The number of carbonyl (C=O) groups excluding carboxylic acids is 5. The number of hydrogen-bond donors (Lipinski definition) is 6. The third kappa shape index (κ3) is 13.6. The summed E-state index contributed by atoms with van der Waals surface area (Å²) in [5.74, 6) is -4.13. The number of unbranched alkanes of at least 4 members (excludes halogenated alkanes) is 1. The molecule has 5 amide bonds. The van der Waals surface area contributed by atoms with Crippen LogP contribution in [0.4, 0.5) is 11.4 Å². The van der Waals surface area contributed by atoms with Crippen molar-refractivity contribution in [2.24, 2.45) is 0 Å². The number of imide groups is 1. The number of amides is 5. The Morgan fingerprint density at radius 1 is 0.732 bits per heavy atom. The first kappa shape index (κ1) is 43.1. The molecule has 2 heterocycles. The molecular weight excluding hydrogens is 724 g/mol. The van der Waals surface area contributed by atoms with Crippen LogP contribution in [0.5, 0.6) is 0 Å². The lowest BCUT2D eigenvalue weighted by molar-refractivity contribution is -0.140. The van der Waals surface area contributed by atoms with Gasteiger partial charge in [-0.05, 0) is 79.6 Å². The number of carboxylic acid groups (broad SMARTS) is 2. The zero-order chi connectivity index (χ0) is 40.8. The van der Waals surface area contributed by atoms with Crippen molar-refractivity contribution in [3.8, 4) is 11.1 Å². The molecule has 0 aliphatic carbocycles. The number of nitrogens with two attached hydrogens (primary N) is 1. The van der Waals surface area contributed by atoms with E-state index in [1.54, 1.807) is 15.9 Å². The molecule has 0 spiro atoms. The molecule has 302 valence electrons. The number of nitrogens with one attached hydrogen (secondary N) is 3. The second-order valence-electron chi connectivity index (χ2n) is 14.1. The maximum atomic E-state index is 13.8. The van der Waals surface area contributed by atoms with E-state index in [1.165, 1.54) is 0 Å². The average molecular weight is 777 g/mol. The molecule has 56 heavy (non-hydrogen) atoms. The molecule has 0 aromatic heterocycles. The minimum atomic E-state index is -1.01. The summed E-state index contributed by atoms with van der Waals surface area (Å²) in [4.78, 5) is 92.3. The van der Waals surface area contributed by atoms with Crippen LogP contribution in [-0.2, 0) is 33.6 Å². The van der Waals surface area contributed by atoms with Gasteiger partial charge in [-0.1, -0.05) is 12.1 Å². The summed E-state index contributed by atoms with van der Waals surface area (Å²) < 4.78 is 0. The summed E-state index contributed by atoms with van der Waals surface area (Å²) >= 11 is 0. The van der Waals surface area contributed by atoms with Gasteiger partial charge in [-0.15, -0.1) is 0 Å². The zero-order valence-corrected chi connectivity index (χ0v) is 31.9. The van der Waals surface area contributed by atoms with Crippen LogP contribution in [0, 0.1) is 13.8 Å². The van der Waals surface area contributed by atoms with Crippen molar-refractivity contribution in [2.45, 2.75) is 45.6 Å². The van der Waals surface area contributed by atoms with Crippen molar-refractivity contribution in [1.82, 2.24) is 30.2 Å². The van der Waals surface area contributed by atoms with Crippen molar-refractivity contribution in [3.63, 3.8) is 0 Å². The van der Waals surface area contributed by atoms with Crippen molar-refractivity contribution in [2.75, 3.05) is 83.0 Å². The SMILES string of the molecule is Cc1cc(-c2ccc(NC(=O)C(CCCCNC(=O)CCN3C(=O)C=CC3=O)NC(=O)CN3CCN(CC(=O)O)CCN(CC(=O)O)CC3)c(C)c2)ccc1N. The number of benzene rings is 2. The van der Waals surface area contributed by atoms with E-state index in [0.717, 1.165) is 39.3 Å². The number of nitrogen functional groups attached to an aromatic ring is 1. The molecule has 7 N–H and O–H groups in total. The predicted octanol–water partition coefficient (Wildman–Crippen LogP) is 0.666. The van der Waals surface area contributed by atoms with Crippen LogP contribution in [0.25, 0.3) is 11.1 Å². The lowest BCUT2D eigenvalue weighted by atomic mass is 10.00. The summed E-state index contributed by atoms with van der Waals surface area (Å²) in [5, 5.41) is 27.3. The van der Waals surface area contributed by atoms with E-state index in [9.17, 15) is 43.8 Å². The second kappa shape index (κ2) is 20.9. The van der Waals surface area contributed by atoms with E-state index in [1.807, 2.05) is 49.1 Å². The van der Waals surface area contributed by atoms with Gasteiger partial charge in [0.1, 0.15) is 6.04 Å². The number of aryl methyl sites for hydroxylation is 2. The first-order valence-corrected chi connectivity index (χ1v) is 18.7. The minimum Gasteiger partial charge on any atom is -0.480 e. The van der Waals surface area contributed by atoms with Gasteiger partial charge in [0.15, 0.2) is 0 Å². The molecule has 2 aliphatic rings. The summed E-state index contributed by atoms with van der Waals surface area (Å²) in [6.45, 7) is 5.63. The van der Waals surface area contributed by atoms with Crippen molar-refractivity contribution in [1.29, 1.82) is 0 Å². The fourth-order valence-corrected chi connectivity index (χ4v) is 6.47. The highest BCUT2D eigenvalue weighted by Gasteiger charge is 2.26. The summed E-state index contributed by atoms with van der Waals surface area (Å²) in [6.07, 6.45) is 3.46. The highest BCUT2D eigenvalue weighted by molar-refractivity contribution is 6.13. The number of hydrogen-bond acceptors (Lipinski definition) is 11. The fraction of sp³-hybridized carbons (Fsp3) is 0.462. The normalized spacial score (nSPS) is 16.1. The Labute approximate surface area is 325 Å². The molecule has 2 aromatic rings. The topological polar surface area (TPSA) is 235 Å². The maximum Gasteiger partial charge on any atom is 0.317 e. The average Bonchev–Trinajstić information content (AvgIpc) is 3.50. The molecule has 0 bridgehead atoms. The zero-order valence-electron chi connectivity index (χ0n) is 31.9. The molecule has 2 aliphatic heterocycles. The molecule has 1 unspecified atom stereocenters. The minimum absolute atomic E-state index is 0.0308. The predicted molar refractivity (Wildman–Crippen MR) is 208 cm³/mol. The van der Waals surface area contributed by atoms with E-state index < -0.39 is 41.6 Å². The van der Waals surface area contributed by atoms with Crippen LogP contribution >= 0.6 is 0 Å². The van der Waals surface area contributed by atoms with Crippen LogP contribution in [-0.4, -0.2) is 149 Å². The summed E-state index contributed by atoms with van der Waals surface area (Å²) in [5.41, 5.74) is 10.9. The van der Waals surface area contributed by atoms with Gasteiger partial charge < -0.3 is 31.9 Å². The smallest absolute Gasteiger partial charge is 0.317 e. The number of rotatable bonds is 18. The number of carboxylic acids is 2. The molecule has 1 atom stereocenters. The van der Waals surface area contributed by atoms with Crippen molar-refractivity contribution >= 4 is 52.8 Å². The second-order valence-corrected chi connectivity index (χ2v) is 14.1. The largest absolute Gasteiger partial charge is 0.480 e. The van der Waals surface area contributed by atoms with E-state index in [4.69, 9.17) is 5.73 Å². The summed E-state index contributed by atoms with van der Waals surface area (Å²) in [6, 6.07) is 10.5. The van der Waals surface area contributed by atoms with Gasteiger partial charge in [0, 0.05) is 82.3 Å². The van der Waals surface area contributed by atoms with Gasteiger partial charge in [-0.2, -0.15) is 0 Å². The van der Waals surface area contributed by atoms with Gasteiger partial charge in [0.2, 0.25) is 17.7 Å². The number of carbonyl (C=O) groups is 7.